The van der Waals surface area contributed by atoms with Gasteiger partial charge in [0.25, 0.3) is 0 Å². The smallest absolute Gasteiger partial charge is 0.216 e. The molecule has 0 spiro atoms. The Kier molecular flexibility index (Phi) is 3.63. The first kappa shape index (κ1) is 13.0. The van der Waals surface area contributed by atoms with Crippen molar-refractivity contribution in [3.05, 3.63) is 29.6 Å². The third-order valence-corrected chi connectivity index (χ3v) is 2.66. The van der Waals surface area contributed by atoms with Gasteiger partial charge in [0, 0.05) is 26.0 Å². The first-order valence-electron chi connectivity index (χ1n) is 5.80. The second-order valence-corrected chi connectivity index (χ2v) is 4.79. The Morgan fingerprint density at radius 3 is 2.61 bits per heavy atom. The molecule has 2 heterocycles. The zero-order valence-corrected chi connectivity index (χ0v) is 11.1. The van der Waals surface area contributed by atoms with Gasteiger partial charge in [-0.1, -0.05) is 0 Å². The monoisotopic (exact) mass is 250 g/mol. The van der Waals surface area contributed by atoms with Crippen LogP contribution in [0.2, 0.25) is 0 Å². The molecule has 0 unspecified atom stereocenters. The number of aromatic nitrogens is 1. The van der Waals surface area contributed by atoms with Gasteiger partial charge in [0.05, 0.1) is 11.2 Å². The Morgan fingerprint density at radius 1 is 1.33 bits per heavy atom. The molecule has 0 N–H and O–H groups in total. The highest BCUT2D eigenvalue weighted by atomic mass is 16.7. The van der Waals surface area contributed by atoms with Crippen LogP contribution in [0.15, 0.2) is 23.3 Å². The molecule has 0 saturated heterocycles. The van der Waals surface area contributed by atoms with E-state index in [-0.39, 0.29) is 5.54 Å². The predicted molar refractivity (Wildman–Crippen MR) is 67.6 cm³/mol. The lowest BCUT2D eigenvalue weighted by molar-refractivity contribution is -0.108. The molecule has 1 aliphatic rings. The Labute approximate surface area is 107 Å². The topological polar surface area (TPSA) is 52.9 Å². The predicted octanol–water partition coefficient (Wildman–Crippen LogP) is 1.93. The molecule has 1 aliphatic heterocycles. The maximum atomic E-state index is 5.60. The van der Waals surface area contributed by atoms with Crippen molar-refractivity contribution >= 4 is 5.90 Å². The van der Waals surface area contributed by atoms with Gasteiger partial charge in [0.1, 0.15) is 6.61 Å². The molecule has 2 rings (SSSR count). The summed E-state index contributed by atoms with van der Waals surface area (Å²) in [6.07, 6.45) is 1.23. The van der Waals surface area contributed by atoms with E-state index in [1.165, 1.54) is 0 Å². The quantitative estimate of drug-likeness (QED) is 0.766. The maximum absolute atomic E-state index is 5.60. The van der Waals surface area contributed by atoms with E-state index in [1.54, 1.807) is 20.4 Å². The van der Waals surface area contributed by atoms with E-state index in [0.717, 1.165) is 5.56 Å². The van der Waals surface area contributed by atoms with Crippen LogP contribution in [0.5, 0.6) is 0 Å². The third-order valence-electron chi connectivity index (χ3n) is 2.66. The standard InChI is InChI=1S/C13H18N2O3/c1-13(2)8-18-11(15-13)9-5-6-14-10(7-9)12(16-3)17-4/h5-7,12H,8H2,1-4H3. The molecule has 0 fully saturated rings. The largest absolute Gasteiger partial charge is 0.475 e. The van der Waals surface area contributed by atoms with Crippen molar-refractivity contribution in [1.82, 2.24) is 4.98 Å². The van der Waals surface area contributed by atoms with Crippen molar-refractivity contribution in [2.75, 3.05) is 20.8 Å². The molecular weight excluding hydrogens is 232 g/mol. The van der Waals surface area contributed by atoms with E-state index in [9.17, 15) is 0 Å². The summed E-state index contributed by atoms with van der Waals surface area (Å²) in [6.45, 7) is 4.67. The molecule has 0 aliphatic carbocycles. The fourth-order valence-corrected chi connectivity index (χ4v) is 1.78. The minimum atomic E-state index is -0.472. The molecule has 0 saturated carbocycles. The van der Waals surface area contributed by atoms with Gasteiger partial charge in [-0.3, -0.25) is 4.98 Å². The van der Waals surface area contributed by atoms with Gasteiger partial charge in [-0.25, -0.2) is 4.99 Å². The van der Waals surface area contributed by atoms with E-state index >= 15 is 0 Å². The zero-order valence-electron chi connectivity index (χ0n) is 11.1. The normalized spacial score (nSPS) is 17.7. The number of hydrogen-bond donors (Lipinski definition) is 0. The number of methoxy groups -OCH3 is 2. The maximum Gasteiger partial charge on any atom is 0.216 e. The molecule has 0 aromatic carbocycles. The minimum Gasteiger partial charge on any atom is -0.475 e. The second-order valence-electron chi connectivity index (χ2n) is 4.79. The highest BCUT2D eigenvalue weighted by Gasteiger charge is 2.27. The number of rotatable bonds is 4. The van der Waals surface area contributed by atoms with E-state index in [0.29, 0.717) is 18.2 Å². The fraction of sp³-hybridized carbons (Fsp3) is 0.538. The molecule has 1 aromatic rings. The summed E-state index contributed by atoms with van der Waals surface area (Å²) >= 11 is 0. The van der Waals surface area contributed by atoms with Crippen LogP contribution in [-0.2, 0) is 14.2 Å². The van der Waals surface area contributed by atoms with Crippen LogP contribution in [-0.4, -0.2) is 37.2 Å². The number of ether oxygens (including phenoxy) is 3. The molecule has 98 valence electrons. The summed E-state index contributed by atoms with van der Waals surface area (Å²) in [7, 11) is 3.16. The number of pyridine rings is 1. The number of aliphatic imine (C=N–C) groups is 1. The SMILES string of the molecule is COC(OC)c1cc(C2=NC(C)(C)CO2)ccn1. The average molecular weight is 250 g/mol. The van der Waals surface area contributed by atoms with Crippen LogP contribution in [0, 0.1) is 0 Å². The van der Waals surface area contributed by atoms with Crippen LogP contribution in [0.4, 0.5) is 0 Å². The van der Waals surface area contributed by atoms with Crippen LogP contribution < -0.4 is 0 Å². The van der Waals surface area contributed by atoms with Gasteiger partial charge in [-0.15, -0.1) is 0 Å². The van der Waals surface area contributed by atoms with Gasteiger partial charge in [-0.2, -0.15) is 0 Å². The lowest BCUT2D eigenvalue weighted by atomic mass is 10.1. The van der Waals surface area contributed by atoms with Crippen LogP contribution in [0.1, 0.15) is 31.4 Å². The molecule has 1 aromatic heterocycles. The van der Waals surface area contributed by atoms with Crippen LogP contribution in [0.3, 0.4) is 0 Å². The lowest BCUT2D eigenvalue weighted by Crippen LogP contribution is -2.17. The van der Waals surface area contributed by atoms with Crippen molar-refractivity contribution in [2.45, 2.75) is 25.7 Å². The first-order chi connectivity index (χ1) is 8.55. The van der Waals surface area contributed by atoms with Crippen molar-refractivity contribution in [1.29, 1.82) is 0 Å². The Morgan fingerprint density at radius 2 is 2.06 bits per heavy atom. The van der Waals surface area contributed by atoms with E-state index in [4.69, 9.17) is 14.2 Å². The molecule has 0 atom stereocenters. The molecule has 0 radical (unpaired) electrons. The van der Waals surface area contributed by atoms with Gasteiger partial charge < -0.3 is 14.2 Å². The Balaban J connectivity index is 2.28. The minimum absolute atomic E-state index is 0.166. The van der Waals surface area contributed by atoms with Crippen molar-refractivity contribution in [3.63, 3.8) is 0 Å². The van der Waals surface area contributed by atoms with Gasteiger partial charge in [-0.05, 0) is 26.0 Å². The highest BCUT2D eigenvalue weighted by Crippen LogP contribution is 2.22. The van der Waals surface area contributed by atoms with E-state index in [2.05, 4.69) is 9.98 Å². The van der Waals surface area contributed by atoms with Crippen molar-refractivity contribution in [2.24, 2.45) is 4.99 Å². The Hall–Kier alpha value is -1.46. The molecule has 0 bridgehead atoms. The fourth-order valence-electron chi connectivity index (χ4n) is 1.78. The third kappa shape index (κ3) is 2.68. The molecule has 5 heteroatoms. The highest BCUT2D eigenvalue weighted by molar-refractivity contribution is 5.95. The Bertz CT molecular complexity index is 453. The van der Waals surface area contributed by atoms with Crippen molar-refractivity contribution < 1.29 is 14.2 Å². The van der Waals surface area contributed by atoms with E-state index in [1.807, 2.05) is 26.0 Å². The summed E-state index contributed by atoms with van der Waals surface area (Å²) in [5.41, 5.74) is 1.43. The summed E-state index contributed by atoms with van der Waals surface area (Å²) < 4.78 is 16.0. The molecule has 5 nitrogen and oxygen atoms in total. The van der Waals surface area contributed by atoms with Crippen molar-refractivity contribution in [3.8, 4) is 0 Å². The first-order valence-corrected chi connectivity index (χ1v) is 5.80. The summed E-state index contributed by atoms with van der Waals surface area (Å²) in [4.78, 5) is 8.76. The lowest BCUT2D eigenvalue weighted by Gasteiger charge is -2.13. The summed E-state index contributed by atoms with van der Waals surface area (Å²) in [5.74, 6) is 0.648. The average Bonchev–Trinajstić information content (AvgIpc) is 2.72. The van der Waals surface area contributed by atoms with Crippen LogP contribution >= 0.6 is 0 Å². The van der Waals surface area contributed by atoms with E-state index < -0.39 is 6.29 Å². The molecule has 0 amide bonds. The number of hydrogen-bond acceptors (Lipinski definition) is 5. The second kappa shape index (κ2) is 5.04. The van der Waals surface area contributed by atoms with Gasteiger partial charge in [0.2, 0.25) is 12.2 Å². The van der Waals surface area contributed by atoms with Gasteiger partial charge in [0.15, 0.2) is 0 Å². The summed E-state index contributed by atoms with van der Waals surface area (Å²) in [5, 5.41) is 0. The molecular formula is C13H18N2O3. The van der Waals surface area contributed by atoms with Gasteiger partial charge >= 0.3 is 0 Å². The molecule has 18 heavy (non-hydrogen) atoms. The van der Waals surface area contributed by atoms with Crippen LogP contribution in [0.25, 0.3) is 0 Å². The summed E-state index contributed by atoms with van der Waals surface area (Å²) in [6, 6.07) is 3.74. The number of nitrogens with zero attached hydrogens (tertiary/aromatic N) is 2. The zero-order chi connectivity index (χ0) is 13.2.